The van der Waals surface area contributed by atoms with Crippen LogP contribution in [0.1, 0.15) is 39.2 Å². The molecule has 0 bridgehead atoms. The maximum atomic E-state index is 12.8. The van der Waals surface area contributed by atoms with E-state index >= 15 is 0 Å². The van der Waals surface area contributed by atoms with Gasteiger partial charge in [-0.15, -0.1) is 0 Å². The molecule has 9 heteroatoms. The first-order valence-corrected chi connectivity index (χ1v) is 9.87. The van der Waals surface area contributed by atoms with Gasteiger partial charge in [0.2, 0.25) is 0 Å². The van der Waals surface area contributed by atoms with Gasteiger partial charge in [-0.2, -0.15) is 21.6 Å². The highest BCUT2D eigenvalue weighted by Crippen LogP contribution is 2.41. The van der Waals surface area contributed by atoms with Crippen molar-refractivity contribution in [2.24, 2.45) is 0 Å². The van der Waals surface area contributed by atoms with E-state index in [1.165, 1.54) is 31.9 Å². The van der Waals surface area contributed by atoms with Gasteiger partial charge in [0, 0.05) is 5.56 Å². The van der Waals surface area contributed by atoms with E-state index in [9.17, 15) is 21.6 Å². The van der Waals surface area contributed by atoms with Gasteiger partial charge in [-0.25, -0.2) is 0 Å². The number of hydrogen-bond donors (Lipinski definition) is 0. The molecule has 0 saturated carbocycles. The van der Waals surface area contributed by atoms with Crippen molar-refractivity contribution >= 4 is 10.1 Å². The zero-order valence-electron chi connectivity index (χ0n) is 16.5. The van der Waals surface area contributed by atoms with Crippen molar-refractivity contribution in [3.8, 4) is 17.2 Å². The molecule has 0 spiro atoms. The molecule has 0 aliphatic heterocycles. The molecule has 0 amide bonds. The second kappa shape index (κ2) is 9.86. The summed E-state index contributed by atoms with van der Waals surface area (Å²) in [5.74, 6) is -0.478. The lowest BCUT2D eigenvalue weighted by molar-refractivity contribution is -0.0500. The zero-order valence-corrected chi connectivity index (χ0v) is 17.3. The number of allylic oxidation sites excluding steroid dienone is 4. The fraction of sp³-hybridized carbons (Fsp3) is 0.474. The highest BCUT2D eigenvalue weighted by atomic mass is 32.2. The molecule has 0 saturated heterocycles. The molecular weight excluding hydrogens is 397 g/mol. The number of halogens is 3. The number of ether oxygens (including phenoxy) is 2. The van der Waals surface area contributed by atoms with Crippen molar-refractivity contribution in [1.82, 2.24) is 0 Å². The summed E-state index contributed by atoms with van der Waals surface area (Å²) in [5, 5.41) is 0. The van der Waals surface area contributed by atoms with Crippen molar-refractivity contribution in [2.45, 2.75) is 45.5 Å². The third kappa shape index (κ3) is 6.47. The normalized spacial score (nSPS) is 12.5. The molecule has 0 aliphatic carbocycles. The zero-order chi connectivity index (χ0) is 21.5. The average Bonchev–Trinajstić information content (AvgIpc) is 2.58. The van der Waals surface area contributed by atoms with E-state index in [2.05, 4.69) is 10.3 Å². The van der Waals surface area contributed by atoms with Gasteiger partial charge < -0.3 is 13.7 Å². The minimum Gasteiger partial charge on any atom is -0.496 e. The van der Waals surface area contributed by atoms with Crippen LogP contribution in [-0.4, -0.2) is 28.1 Å². The summed E-state index contributed by atoms with van der Waals surface area (Å²) in [5.41, 5.74) is -3.23. The molecule has 1 aromatic rings. The van der Waals surface area contributed by atoms with E-state index in [-0.39, 0.29) is 23.5 Å². The highest BCUT2D eigenvalue weighted by molar-refractivity contribution is 7.88. The van der Waals surface area contributed by atoms with Crippen LogP contribution >= 0.6 is 0 Å². The van der Waals surface area contributed by atoms with E-state index in [4.69, 9.17) is 9.47 Å². The third-order valence-electron chi connectivity index (χ3n) is 3.84. The van der Waals surface area contributed by atoms with Crippen LogP contribution in [0.15, 0.2) is 35.4 Å². The second-order valence-electron chi connectivity index (χ2n) is 6.34. The smallest absolute Gasteiger partial charge is 0.496 e. The summed E-state index contributed by atoms with van der Waals surface area (Å²) in [6, 6.07) is 2.77. The van der Waals surface area contributed by atoms with Crippen molar-refractivity contribution in [3.05, 3.63) is 41.0 Å². The van der Waals surface area contributed by atoms with E-state index in [1.54, 1.807) is 6.08 Å². The summed E-state index contributed by atoms with van der Waals surface area (Å²) in [7, 11) is -3.32. The predicted octanol–water partition coefficient (Wildman–Crippen LogP) is 5.17. The van der Waals surface area contributed by atoms with Gasteiger partial charge in [-0.1, -0.05) is 23.3 Å². The lowest BCUT2D eigenvalue weighted by Gasteiger charge is -2.17. The first kappa shape index (κ1) is 23.9. The number of alkyl halides is 3. The Morgan fingerprint density at radius 1 is 1.04 bits per heavy atom. The van der Waals surface area contributed by atoms with Gasteiger partial charge >= 0.3 is 15.6 Å². The van der Waals surface area contributed by atoms with Crippen molar-refractivity contribution < 1.29 is 35.2 Å². The molecule has 158 valence electrons. The molecule has 0 radical (unpaired) electrons. The second-order valence-corrected chi connectivity index (χ2v) is 7.87. The highest BCUT2D eigenvalue weighted by Gasteiger charge is 2.49. The van der Waals surface area contributed by atoms with Crippen molar-refractivity contribution in [2.75, 3.05) is 14.2 Å². The van der Waals surface area contributed by atoms with E-state index in [0.29, 0.717) is 0 Å². The summed E-state index contributed by atoms with van der Waals surface area (Å²) in [6.07, 6.45) is 5.57. The van der Waals surface area contributed by atoms with Gasteiger partial charge in [0.15, 0.2) is 11.5 Å². The summed E-state index contributed by atoms with van der Waals surface area (Å²) in [4.78, 5) is 0. The van der Waals surface area contributed by atoms with Gasteiger partial charge in [0.1, 0.15) is 5.75 Å². The maximum Gasteiger partial charge on any atom is 0.534 e. The molecule has 1 rings (SSSR count). The molecule has 0 aliphatic rings. The number of benzene rings is 1. The largest absolute Gasteiger partial charge is 0.534 e. The van der Waals surface area contributed by atoms with Crippen LogP contribution in [0, 0.1) is 0 Å². The molecule has 0 unspecified atom stereocenters. The van der Waals surface area contributed by atoms with Crippen LogP contribution < -0.4 is 13.7 Å². The van der Waals surface area contributed by atoms with Crippen LogP contribution in [0.2, 0.25) is 0 Å². The molecule has 28 heavy (non-hydrogen) atoms. The molecular formula is C19H25F3O5S. The minimum atomic E-state index is -5.86. The molecule has 0 aromatic heterocycles. The summed E-state index contributed by atoms with van der Waals surface area (Å²) in [6.45, 7) is 5.87. The molecule has 1 aromatic carbocycles. The fourth-order valence-corrected chi connectivity index (χ4v) is 2.85. The Labute approximate surface area is 163 Å². The monoisotopic (exact) mass is 422 g/mol. The van der Waals surface area contributed by atoms with Crippen molar-refractivity contribution in [3.63, 3.8) is 0 Å². The van der Waals surface area contributed by atoms with Crippen LogP contribution in [0.3, 0.4) is 0 Å². The number of hydrogen-bond acceptors (Lipinski definition) is 5. The standard InChI is InChI=1S/C19H25F3O5S/c1-13(2)7-6-8-14(3)9-10-15-16(25-4)11-12-17(26-5)18(15)27-28(23,24)19(20,21)22/h7,9,11-12H,6,8,10H2,1-5H3/b14-9+. The van der Waals surface area contributed by atoms with Gasteiger partial charge in [0.25, 0.3) is 0 Å². The molecule has 0 N–H and O–H groups in total. The van der Waals surface area contributed by atoms with E-state index in [1.807, 2.05) is 20.8 Å². The molecule has 0 fully saturated rings. The minimum absolute atomic E-state index is 0.115. The Morgan fingerprint density at radius 3 is 2.11 bits per heavy atom. The first-order valence-electron chi connectivity index (χ1n) is 8.46. The van der Waals surface area contributed by atoms with Gasteiger partial charge in [0.05, 0.1) is 14.2 Å². The molecule has 0 heterocycles. The lowest BCUT2D eigenvalue weighted by atomic mass is 10.0. The number of rotatable bonds is 9. The summed E-state index contributed by atoms with van der Waals surface area (Å²) >= 11 is 0. The fourth-order valence-electron chi connectivity index (χ4n) is 2.35. The Kier molecular flexibility index (Phi) is 8.41. The lowest BCUT2D eigenvalue weighted by Crippen LogP contribution is -2.28. The maximum absolute atomic E-state index is 12.8. The van der Waals surface area contributed by atoms with Crippen LogP contribution in [-0.2, 0) is 16.5 Å². The van der Waals surface area contributed by atoms with Gasteiger partial charge in [-0.05, 0) is 52.2 Å². The van der Waals surface area contributed by atoms with Gasteiger partial charge in [-0.3, -0.25) is 0 Å². The summed E-state index contributed by atoms with van der Waals surface area (Å²) < 4.78 is 76.0. The quantitative estimate of drug-likeness (QED) is 0.312. The van der Waals surface area contributed by atoms with Crippen LogP contribution in [0.5, 0.6) is 17.2 Å². The van der Waals surface area contributed by atoms with E-state index < -0.39 is 21.4 Å². The SMILES string of the molecule is COc1ccc(OC)c(OS(=O)(=O)C(F)(F)F)c1C/C=C(\C)CCC=C(C)C. The molecule has 0 atom stereocenters. The first-order chi connectivity index (χ1) is 12.9. The molecule has 5 nitrogen and oxygen atoms in total. The Bertz CT molecular complexity index is 836. The van der Waals surface area contributed by atoms with E-state index in [0.717, 1.165) is 18.4 Å². The topological polar surface area (TPSA) is 61.8 Å². The average molecular weight is 422 g/mol. The Morgan fingerprint density at radius 2 is 1.61 bits per heavy atom. The third-order valence-corrected chi connectivity index (χ3v) is 4.80. The number of methoxy groups -OCH3 is 2. The van der Waals surface area contributed by atoms with Crippen LogP contribution in [0.4, 0.5) is 13.2 Å². The van der Waals surface area contributed by atoms with Crippen LogP contribution in [0.25, 0.3) is 0 Å². The Balaban J connectivity index is 3.30. The van der Waals surface area contributed by atoms with Crippen molar-refractivity contribution in [1.29, 1.82) is 0 Å². The Hall–Kier alpha value is -2.16. The predicted molar refractivity (Wildman–Crippen MR) is 101 cm³/mol.